The van der Waals surface area contributed by atoms with E-state index in [9.17, 15) is 22.0 Å². The first-order chi connectivity index (χ1) is 16.9. The molecule has 0 aromatic heterocycles. The molecule has 0 aliphatic carbocycles. The Morgan fingerprint density at radius 3 is 2.53 bits per heavy atom. The van der Waals surface area contributed by atoms with Crippen molar-refractivity contribution in [1.82, 2.24) is 4.31 Å². The number of allylic oxidation sites excluding steroid dienone is 1. The summed E-state index contributed by atoms with van der Waals surface area (Å²) in [6.07, 6.45) is 0.579. The maximum Gasteiger partial charge on any atom is 0.341 e. The van der Waals surface area contributed by atoms with Crippen LogP contribution in [0, 0.1) is 0 Å². The van der Waals surface area contributed by atoms with Crippen LogP contribution in [0.5, 0.6) is 5.75 Å². The maximum absolute atomic E-state index is 14.5. The van der Waals surface area contributed by atoms with Crippen LogP contribution >= 0.6 is 11.6 Å². The van der Waals surface area contributed by atoms with E-state index >= 15 is 0 Å². The second kappa shape index (κ2) is 11.2. The average Bonchev–Trinajstić information content (AvgIpc) is 2.83. The fourth-order valence-corrected chi connectivity index (χ4v) is 4.99. The van der Waals surface area contributed by atoms with E-state index in [0.29, 0.717) is 16.7 Å². The zero-order valence-electron chi connectivity index (χ0n) is 19.3. The number of hydrogen-bond donors (Lipinski definition) is 1. The Morgan fingerprint density at radius 1 is 1.14 bits per heavy atom. The first-order valence-electron chi connectivity index (χ1n) is 10.7. The molecule has 190 valence electrons. The Bertz CT molecular complexity index is 1380. The highest BCUT2D eigenvalue weighted by Crippen LogP contribution is 2.37. The van der Waals surface area contributed by atoms with Gasteiger partial charge in [0.2, 0.25) is 10.0 Å². The zero-order valence-corrected chi connectivity index (χ0v) is 20.9. The average molecular weight is 536 g/mol. The molecule has 0 aliphatic rings. The van der Waals surface area contributed by atoms with E-state index in [-0.39, 0.29) is 27.8 Å². The van der Waals surface area contributed by atoms with Crippen LogP contribution in [-0.2, 0) is 27.3 Å². The van der Waals surface area contributed by atoms with E-state index < -0.39 is 34.9 Å². The van der Waals surface area contributed by atoms with Crippen molar-refractivity contribution in [2.45, 2.75) is 23.8 Å². The predicted molar refractivity (Wildman–Crippen MR) is 134 cm³/mol. The van der Waals surface area contributed by atoms with Gasteiger partial charge >= 0.3 is 5.97 Å². The van der Waals surface area contributed by atoms with Crippen LogP contribution in [0.25, 0.3) is 11.1 Å². The number of ether oxygens (including phenoxy) is 1. The molecule has 0 spiro atoms. The molecule has 0 amide bonds. The van der Waals surface area contributed by atoms with Gasteiger partial charge in [0.05, 0.1) is 4.90 Å². The lowest BCUT2D eigenvalue weighted by atomic mass is 9.97. The summed E-state index contributed by atoms with van der Waals surface area (Å²) in [5.74, 6) is -4.20. The highest BCUT2D eigenvalue weighted by atomic mass is 35.5. The van der Waals surface area contributed by atoms with Crippen molar-refractivity contribution in [1.29, 1.82) is 0 Å². The lowest BCUT2D eigenvalue weighted by Crippen LogP contribution is -2.26. The van der Waals surface area contributed by atoms with E-state index in [1.807, 2.05) is 0 Å². The second-order valence-electron chi connectivity index (χ2n) is 8.01. The molecule has 3 aromatic carbocycles. The van der Waals surface area contributed by atoms with Gasteiger partial charge < -0.3 is 9.84 Å². The van der Waals surface area contributed by atoms with Gasteiger partial charge in [-0.3, -0.25) is 0 Å². The highest BCUT2D eigenvalue weighted by Gasteiger charge is 2.30. The number of benzene rings is 3. The second-order valence-corrected chi connectivity index (χ2v) is 10.5. The molecule has 0 saturated carbocycles. The molecule has 0 saturated heterocycles. The molecule has 3 aromatic rings. The lowest BCUT2D eigenvalue weighted by Gasteiger charge is -2.20. The van der Waals surface area contributed by atoms with Crippen LogP contribution in [0.4, 0.5) is 8.78 Å². The number of halogens is 3. The minimum atomic E-state index is -3.87. The molecule has 36 heavy (non-hydrogen) atoms. The predicted octanol–water partition coefficient (Wildman–Crippen LogP) is 5.96. The fraction of sp³-hybridized carbons (Fsp3) is 0.192. The number of carboxylic acids is 1. The third-order valence-electron chi connectivity index (χ3n) is 5.30. The molecule has 0 unspecified atom stereocenters. The van der Waals surface area contributed by atoms with Gasteiger partial charge in [-0.2, -0.15) is 4.31 Å². The van der Waals surface area contributed by atoms with Crippen LogP contribution in [-0.4, -0.2) is 37.5 Å². The van der Waals surface area contributed by atoms with E-state index in [2.05, 4.69) is 6.58 Å². The molecule has 10 heteroatoms. The van der Waals surface area contributed by atoms with Crippen molar-refractivity contribution in [3.05, 3.63) is 95.5 Å². The quantitative estimate of drug-likeness (QED) is 0.306. The van der Waals surface area contributed by atoms with Gasteiger partial charge in [0.1, 0.15) is 5.75 Å². The number of rotatable bonds is 11. The number of nitrogens with zero attached hydrogens (tertiary/aromatic N) is 1. The number of carbonyl (C=O) groups is 1. The van der Waals surface area contributed by atoms with Crippen LogP contribution < -0.4 is 4.74 Å². The zero-order chi connectivity index (χ0) is 26.5. The molecule has 0 atom stereocenters. The lowest BCUT2D eigenvalue weighted by molar-refractivity contribution is -0.139. The molecular weight excluding hydrogens is 512 g/mol. The Morgan fingerprint density at radius 2 is 1.86 bits per heavy atom. The third kappa shape index (κ3) is 6.48. The minimum absolute atomic E-state index is 0.0243. The van der Waals surface area contributed by atoms with Crippen molar-refractivity contribution < 1.29 is 31.8 Å². The summed E-state index contributed by atoms with van der Waals surface area (Å²) >= 11 is 5.94. The molecular formula is C26H24ClF2NO5S. The molecule has 0 bridgehead atoms. The van der Waals surface area contributed by atoms with Gasteiger partial charge in [-0.25, -0.2) is 22.0 Å². The summed E-state index contributed by atoms with van der Waals surface area (Å²) in [7, 11) is -2.47. The minimum Gasteiger partial charge on any atom is -0.481 e. The van der Waals surface area contributed by atoms with Crippen molar-refractivity contribution >= 4 is 27.6 Å². The normalized spacial score (nSPS) is 11.9. The van der Waals surface area contributed by atoms with Crippen molar-refractivity contribution in [2.24, 2.45) is 0 Å². The van der Waals surface area contributed by atoms with Gasteiger partial charge in [0, 0.05) is 36.2 Å². The first kappa shape index (κ1) is 27.3. The van der Waals surface area contributed by atoms with Gasteiger partial charge in [-0.05, 0) is 47.5 Å². The van der Waals surface area contributed by atoms with Crippen molar-refractivity contribution in [3.8, 4) is 16.9 Å². The number of carboxylic acid groups (broad SMARTS) is 1. The van der Waals surface area contributed by atoms with Crippen molar-refractivity contribution in [3.63, 3.8) is 0 Å². The largest absolute Gasteiger partial charge is 0.481 e. The topological polar surface area (TPSA) is 83.9 Å². The van der Waals surface area contributed by atoms with Gasteiger partial charge in [-0.15, -0.1) is 6.58 Å². The number of alkyl halides is 2. The monoisotopic (exact) mass is 535 g/mol. The number of hydrogen-bond acceptors (Lipinski definition) is 4. The standard InChI is InChI=1S/C26H24ClF2NO5S/c1-3-12-26(28,29)20-7-4-6-19(14-20)23-13-18(10-11-24(23)35-17-25(31)32)16-30(2)36(33,34)22-9-5-8-21(27)15-22/h3-11,13-15H,1,12,16-17H2,2H3,(H,31,32). The number of sulfonamides is 1. The Hall–Kier alpha value is -3.27. The fourth-order valence-electron chi connectivity index (χ4n) is 3.53. The third-order valence-corrected chi connectivity index (χ3v) is 7.34. The molecule has 0 radical (unpaired) electrons. The molecule has 3 rings (SSSR count). The van der Waals surface area contributed by atoms with Crippen LogP contribution in [0.3, 0.4) is 0 Å². The van der Waals surface area contributed by atoms with Gasteiger partial charge in [-0.1, -0.05) is 48.0 Å². The first-order valence-corrected chi connectivity index (χ1v) is 12.5. The summed E-state index contributed by atoms with van der Waals surface area (Å²) < 4.78 is 61.5. The van der Waals surface area contributed by atoms with Crippen LogP contribution in [0.2, 0.25) is 5.02 Å². The molecule has 6 nitrogen and oxygen atoms in total. The Kier molecular flexibility index (Phi) is 8.50. The summed E-state index contributed by atoms with van der Waals surface area (Å²) in [5, 5.41) is 9.30. The van der Waals surface area contributed by atoms with Gasteiger partial charge in [0.15, 0.2) is 6.61 Å². The van der Waals surface area contributed by atoms with Crippen LogP contribution in [0.1, 0.15) is 17.5 Å². The summed E-state index contributed by atoms with van der Waals surface area (Å²) in [6, 6.07) is 16.2. The Labute approximate surface area is 213 Å². The molecule has 0 heterocycles. The smallest absolute Gasteiger partial charge is 0.341 e. The van der Waals surface area contributed by atoms with Gasteiger partial charge in [0.25, 0.3) is 5.92 Å². The molecule has 1 N–H and O–H groups in total. The summed E-state index contributed by atoms with van der Waals surface area (Å²) in [6.45, 7) is 2.69. The molecule has 0 fully saturated rings. The van der Waals surface area contributed by atoms with Crippen molar-refractivity contribution in [2.75, 3.05) is 13.7 Å². The van der Waals surface area contributed by atoms with Crippen LogP contribution in [0.15, 0.2) is 84.3 Å². The van der Waals surface area contributed by atoms with E-state index in [1.54, 1.807) is 24.3 Å². The Balaban J connectivity index is 2.01. The SMILES string of the molecule is C=CCC(F)(F)c1cccc(-c2cc(CN(C)S(=O)(=O)c3cccc(Cl)c3)ccc2OCC(=O)O)c1. The number of aliphatic carboxylic acids is 1. The van der Waals surface area contributed by atoms with E-state index in [1.165, 1.54) is 49.5 Å². The molecule has 0 aliphatic heterocycles. The van der Waals surface area contributed by atoms with E-state index in [0.717, 1.165) is 10.4 Å². The van der Waals surface area contributed by atoms with E-state index in [4.69, 9.17) is 21.4 Å². The maximum atomic E-state index is 14.5. The summed E-state index contributed by atoms with van der Waals surface area (Å²) in [5.41, 5.74) is 0.997. The summed E-state index contributed by atoms with van der Waals surface area (Å²) in [4.78, 5) is 11.1. The highest BCUT2D eigenvalue weighted by molar-refractivity contribution is 7.89.